The summed E-state index contributed by atoms with van der Waals surface area (Å²) in [7, 11) is 1.53. The lowest BCUT2D eigenvalue weighted by Gasteiger charge is -2.36. The highest BCUT2D eigenvalue weighted by molar-refractivity contribution is 5.85. The van der Waals surface area contributed by atoms with E-state index in [0.29, 0.717) is 5.56 Å². The molecule has 2 aromatic carbocycles. The average Bonchev–Trinajstić information content (AvgIpc) is 2.80. The number of fused-ring (bicyclic) bond motifs is 1. The average molecular weight is 530 g/mol. The molecule has 208 valence electrons. The van der Waals surface area contributed by atoms with E-state index in [1.54, 1.807) is 0 Å². The third-order valence-corrected chi connectivity index (χ3v) is 6.96. The first kappa shape index (κ1) is 29.7. The third-order valence-electron chi connectivity index (χ3n) is 6.96. The number of halogens is 2. The molecule has 38 heavy (non-hydrogen) atoms. The van der Waals surface area contributed by atoms with E-state index >= 15 is 0 Å². The molecule has 3 N–H and O–H groups in total. The van der Waals surface area contributed by atoms with Gasteiger partial charge in [0.25, 0.3) is 0 Å². The number of hydrogen-bond acceptors (Lipinski definition) is 5. The minimum Gasteiger partial charge on any atom is -0.399 e. The Kier molecular flexibility index (Phi) is 10.0. The van der Waals surface area contributed by atoms with Crippen LogP contribution in [0.4, 0.5) is 8.78 Å². The van der Waals surface area contributed by atoms with E-state index < -0.39 is 23.8 Å². The smallest absolute Gasteiger partial charge is 0.217 e. The van der Waals surface area contributed by atoms with Crippen LogP contribution in [0.3, 0.4) is 0 Å². The van der Waals surface area contributed by atoms with Gasteiger partial charge >= 0.3 is 0 Å². The fourth-order valence-electron chi connectivity index (χ4n) is 5.41. The minimum absolute atomic E-state index is 0.0519. The molecule has 0 bridgehead atoms. The standard InChI is InChI=1S/C30H41F2N3O3/c1-18(35-38-6)25-10-9-22-8-7-20(16-30(3,4)5)13-26(22)29(25)33-17-28(37)27(34-19(2)36)14-21-11-23(31)15-24(32)12-21/h7-8,11-13,15,25,27-29,33,37H,9-10,14,16-17H2,1-6H3,(H,34,36). The topological polar surface area (TPSA) is 82.9 Å². The first-order valence-electron chi connectivity index (χ1n) is 13.2. The molecule has 4 atom stereocenters. The number of aliphatic hydroxyl groups is 1. The predicted octanol–water partition coefficient (Wildman–Crippen LogP) is 4.88. The van der Waals surface area contributed by atoms with Gasteiger partial charge in [0, 0.05) is 31.5 Å². The number of rotatable bonds is 10. The molecule has 0 saturated carbocycles. The van der Waals surface area contributed by atoms with Crippen molar-refractivity contribution in [3.8, 4) is 0 Å². The molecule has 0 spiro atoms. The van der Waals surface area contributed by atoms with Gasteiger partial charge < -0.3 is 20.6 Å². The van der Waals surface area contributed by atoms with E-state index in [0.717, 1.165) is 31.0 Å². The summed E-state index contributed by atoms with van der Waals surface area (Å²) in [5.41, 5.74) is 5.02. The molecule has 0 saturated heterocycles. The molecule has 4 unspecified atom stereocenters. The molecule has 1 amide bonds. The molecule has 0 heterocycles. The zero-order valence-corrected chi connectivity index (χ0v) is 23.3. The summed E-state index contributed by atoms with van der Waals surface area (Å²) in [5, 5.41) is 21.6. The summed E-state index contributed by atoms with van der Waals surface area (Å²) >= 11 is 0. The van der Waals surface area contributed by atoms with Gasteiger partial charge in [-0.2, -0.15) is 0 Å². The summed E-state index contributed by atoms with van der Waals surface area (Å²) in [6.07, 6.45) is 1.79. The number of aliphatic hydroxyl groups excluding tert-OH is 1. The number of benzene rings is 2. The van der Waals surface area contributed by atoms with E-state index in [1.807, 2.05) is 6.92 Å². The van der Waals surface area contributed by atoms with Gasteiger partial charge in [-0.25, -0.2) is 8.78 Å². The SMILES string of the molecule is CON=C(C)C1CCc2ccc(CC(C)(C)C)cc2C1NCC(O)C(Cc1cc(F)cc(F)c1)NC(C)=O. The first-order chi connectivity index (χ1) is 17.9. The van der Waals surface area contributed by atoms with Crippen LogP contribution in [0, 0.1) is 23.0 Å². The van der Waals surface area contributed by atoms with E-state index in [-0.39, 0.29) is 36.2 Å². The van der Waals surface area contributed by atoms with Crippen LogP contribution in [0.2, 0.25) is 0 Å². The predicted molar refractivity (Wildman–Crippen MR) is 146 cm³/mol. The highest BCUT2D eigenvalue weighted by Crippen LogP contribution is 2.37. The van der Waals surface area contributed by atoms with Crippen molar-refractivity contribution in [1.29, 1.82) is 0 Å². The van der Waals surface area contributed by atoms with Gasteiger partial charge in [0.2, 0.25) is 5.91 Å². The molecular formula is C30H41F2N3O3. The van der Waals surface area contributed by atoms with Crippen molar-refractivity contribution < 1.29 is 23.5 Å². The number of carbonyl (C=O) groups is 1. The lowest BCUT2D eigenvalue weighted by atomic mass is 9.76. The van der Waals surface area contributed by atoms with Gasteiger partial charge in [0.1, 0.15) is 18.7 Å². The van der Waals surface area contributed by atoms with Crippen molar-refractivity contribution in [2.75, 3.05) is 13.7 Å². The maximum absolute atomic E-state index is 13.8. The van der Waals surface area contributed by atoms with Gasteiger partial charge in [-0.1, -0.05) is 44.1 Å². The summed E-state index contributed by atoms with van der Waals surface area (Å²) in [6, 6.07) is 9.00. The van der Waals surface area contributed by atoms with Crippen molar-refractivity contribution in [3.05, 3.63) is 70.3 Å². The normalized spacial score (nSPS) is 19.4. The molecule has 2 aromatic rings. The Morgan fingerprint density at radius 2 is 1.82 bits per heavy atom. The summed E-state index contributed by atoms with van der Waals surface area (Å²) in [6.45, 7) is 10.1. The fourth-order valence-corrected chi connectivity index (χ4v) is 5.41. The monoisotopic (exact) mass is 529 g/mol. The second-order valence-electron chi connectivity index (χ2n) is 11.6. The Bertz CT molecular complexity index is 1130. The van der Waals surface area contributed by atoms with Crippen LogP contribution in [-0.4, -0.2) is 42.5 Å². The molecule has 3 rings (SSSR count). The van der Waals surface area contributed by atoms with E-state index in [1.165, 1.54) is 42.9 Å². The zero-order chi connectivity index (χ0) is 28.0. The summed E-state index contributed by atoms with van der Waals surface area (Å²) in [4.78, 5) is 17.0. The van der Waals surface area contributed by atoms with Gasteiger partial charge in [-0.15, -0.1) is 0 Å². The number of nitrogens with zero attached hydrogens (tertiary/aromatic N) is 1. The number of carbonyl (C=O) groups excluding carboxylic acids is 1. The number of oxime groups is 1. The van der Waals surface area contributed by atoms with Crippen molar-refractivity contribution >= 4 is 11.6 Å². The molecular weight excluding hydrogens is 488 g/mol. The fraction of sp³-hybridized carbons (Fsp3) is 0.533. The highest BCUT2D eigenvalue weighted by atomic mass is 19.1. The Balaban J connectivity index is 1.87. The van der Waals surface area contributed by atoms with Crippen molar-refractivity contribution in [2.24, 2.45) is 16.5 Å². The van der Waals surface area contributed by atoms with E-state index in [2.05, 4.69) is 54.8 Å². The second-order valence-corrected chi connectivity index (χ2v) is 11.6. The first-order valence-corrected chi connectivity index (χ1v) is 13.2. The molecule has 6 nitrogen and oxygen atoms in total. The Morgan fingerprint density at radius 3 is 2.42 bits per heavy atom. The van der Waals surface area contributed by atoms with Crippen molar-refractivity contribution in [1.82, 2.24) is 10.6 Å². The molecule has 0 radical (unpaired) electrons. The molecule has 8 heteroatoms. The number of amides is 1. The van der Waals surface area contributed by atoms with Crippen LogP contribution in [0.5, 0.6) is 0 Å². The number of nitrogens with one attached hydrogen (secondary N) is 2. The molecule has 0 aromatic heterocycles. The molecule has 1 aliphatic rings. The second kappa shape index (κ2) is 12.8. The van der Waals surface area contributed by atoms with E-state index in [9.17, 15) is 18.7 Å². The van der Waals surface area contributed by atoms with Crippen molar-refractivity contribution in [2.45, 2.75) is 78.5 Å². The molecule has 1 aliphatic carbocycles. The quantitative estimate of drug-likeness (QED) is 0.303. The van der Waals surface area contributed by atoms with Gasteiger partial charge in [0.05, 0.1) is 17.9 Å². The van der Waals surface area contributed by atoms with E-state index in [4.69, 9.17) is 4.84 Å². The van der Waals surface area contributed by atoms with Gasteiger partial charge in [-0.05, 0) is 72.4 Å². The summed E-state index contributed by atoms with van der Waals surface area (Å²) < 4.78 is 27.5. The Morgan fingerprint density at radius 1 is 1.13 bits per heavy atom. The van der Waals surface area contributed by atoms with Gasteiger partial charge in [-0.3, -0.25) is 4.79 Å². The number of hydrogen-bond donors (Lipinski definition) is 3. The molecule has 0 aliphatic heterocycles. The third kappa shape index (κ3) is 8.33. The van der Waals surface area contributed by atoms with Gasteiger partial charge in [0.15, 0.2) is 0 Å². The number of aryl methyl sites for hydroxylation is 1. The van der Waals surface area contributed by atoms with Crippen LogP contribution in [-0.2, 0) is 28.9 Å². The van der Waals surface area contributed by atoms with Crippen LogP contribution in [0.1, 0.15) is 69.3 Å². The zero-order valence-electron chi connectivity index (χ0n) is 23.3. The largest absolute Gasteiger partial charge is 0.399 e. The minimum atomic E-state index is -1.01. The summed E-state index contributed by atoms with van der Waals surface area (Å²) in [5.74, 6) is -1.68. The lowest BCUT2D eigenvalue weighted by molar-refractivity contribution is -0.120. The van der Waals surface area contributed by atoms with Crippen LogP contribution >= 0.6 is 0 Å². The maximum Gasteiger partial charge on any atom is 0.217 e. The lowest BCUT2D eigenvalue weighted by Crippen LogP contribution is -2.49. The maximum atomic E-state index is 13.8. The van der Waals surface area contributed by atoms with Crippen LogP contribution in [0.15, 0.2) is 41.6 Å². The van der Waals surface area contributed by atoms with Crippen LogP contribution in [0.25, 0.3) is 0 Å². The Labute approximate surface area is 224 Å². The van der Waals surface area contributed by atoms with Crippen LogP contribution < -0.4 is 10.6 Å². The molecule has 0 fully saturated rings. The Hall–Kier alpha value is -2.84. The van der Waals surface area contributed by atoms with Crippen molar-refractivity contribution in [3.63, 3.8) is 0 Å². The highest BCUT2D eigenvalue weighted by Gasteiger charge is 2.33.